The van der Waals surface area contributed by atoms with E-state index >= 15 is 0 Å². The molecule has 0 aliphatic carbocycles. The van der Waals surface area contributed by atoms with Crippen molar-refractivity contribution in [3.05, 3.63) is 29.0 Å². The van der Waals surface area contributed by atoms with E-state index in [1.807, 2.05) is 0 Å². The largest absolute Gasteiger partial charge is 0.538 e. The Labute approximate surface area is 76.8 Å². The molecule has 0 aliphatic rings. The van der Waals surface area contributed by atoms with Gasteiger partial charge in [0.15, 0.2) is 0 Å². The summed E-state index contributed by atoms with van der Waals surface area (Å²) in [5.74, 6) is -0.385. The third-order valence-corrected chi connectivity index (χ3v) is 3.10. The van der Waals surface area contributed by atoms with E-state index in [4.69, 9.17) is 20.7 Å². The van der Waals surface area contributed by atoms with Crippen LogP contribution in [0.5, 0.6) is 0 Å². The molecule has 0 fully saturated rings. The Morgan fingerprint density at radius 1 is 1.40 bits per heavy atom. The van der Waals surface area contributed by atoms with Gasteiger partial charge in [0.05, 0.1) is 5.02 Å². The molecule has 0 heterocycles. The number of halogens is 3. The van der Waals surface area contributed by atoms with Gasteiger partial charge in [0.1, 0.15) is 5.82 Å². The van der Waals surface area contributed by atoms with Crippen molar-refractivity contribution in [1.29, 1.82) is 0 Å². The van der Waals surface area contributed by atoms with Gasteiger partial charge in [-0.3, -0.25) is 0 Å². The second kappa shape index (κ2) is 3.76. The lowest BCUT2D eigenvalue weighted by Crippen LogP contribution is -2.07. The summed E-state index contributed by atoms with van der Waals surface area (Å²) in [5, 5.41) is 0.158. The van der Waals surface area contributed by atoms with E-state index in [2.05, 4.69) is 0 Å². The minimum atomic E-state index is -0.725. The highest BCUT2D eigenvalue weighted by Crippen LogP contribution is 2.10. The van der Waals surface area contributed by atoms with E-state index in [0.717, 1.165) is 3.69 Å². The number of hydrogen-bond donors (Lipinski definition) is 0. The molecule has 4 heteroatoms. The van der Waals surface area contributed by atoms with Crippen LogP contribution >= 0.6 is 20.7 Å². The number of rotatable bonds is 1. The van der Waals surface area contributed by atoms with Gasteiger partial charge in [-0.25, -0.2) is 4.39 Å². The molecule has 0 aliphatic heterocycles. The standard InChI is InChI=1S/C6H3ClF.ClH.Mg/c7-5-3-1-2-4-6(5)8;;/h2-4H;1H;/q;;+1/p-1. The molecule has 1 rings (SSSR count). The van der Waals surface area contributed by atoms with E-state index < -0.39 is 19.3 Å². The minimum absolute atomic E-state index is 0.158. The van der Waals surface area contributed by atoms with Crippen LogP contribution in [0.3, 0.4) is 0 Å². The van der Waals surface area contributed by atoms with Crippen LogP contribution in [0.2, 0.25) is 5.02 Å². The number of benzene rings is 1. The molecule has 1 aromatic rings. The smallest absolute Gasteiger partial charge is 0.336 e. The molecule has 0 aromatic heterocycles. The Balaban J connectivity index is 3.04. The zero-order valence-electron chi connectivity index (χ0n) is 5.07. The third kappa shape index (κ3) is 1.99. The van der Waals surface area contributed by atoms with Gasteiger partial charge in [0.25, 0.3) is 0 Å². The first-order chi connectivity index (χ1) is 4.74. The fourth-order valence-electron chi connectivity index (χ4n) is 0.623. The third-order valence-electron chi connectivity index (χ3n) is 1.14. The van der Waals surface area contributed by atoms with E-state index in [9.17, 15) is 4.39 Å². The molecule has 0 nitrogen and oxygen atoms in total. The summed E-state index contributed by atoms with van der Waals surface area (Å²) in [6.07, 6.45) is 0. The van der Waals surface area contributed by atoms with Crippen molar-refractivity contribution in [2.45, 2.75) is 0 Å². The molecule has 50 valence electrons. The average molecular weight is 189 g/mol. The maximum atomic E-state index is 12.5. The highest BCUT2D eigenvalue weighted by molar-refractivity contribution is 7.01. The Morgan fingerprint density at radius 2 is 2.10 bits per heavy atom. The van der Waals surface area contributed by atoms with Crippen LogP contribution < -0.4 is 3.69 Å². The van der Waals surface area contributed by atoms with Crippen molar-refractivity contribution in [1.82, 2.24) is 0 Å². The first-order valence-electron chi connectivity index (χ1n) is 2.74. The lowest BCUT2D eigenvalue weighted by Gasteiger charge is -1.95. The maximum absolute atomic E-state index is 12.5. The summed E-state index contributed by atoms with van der Waals surface area (Å²) >= 11 is 4.76. The normalized spacial score (nSPS) is 9.10. The molecule has 0 bridgehead atoms. The van der Waals surface area contributed by atoms with Crippen molar-refractivity contribution >= 4 is 43.6 Å². The van der Waals surface area contributed by atoms with Gasteiger partial charge in [-0.1, -0.05) is 23.7 Å². The SMILES string of the molecule is Fc1cc[c]([Mg][Cl])cc1Cl. The summed E-state index contributed by atoms with van der Waals surface area (Å²) in [7, 11) is 5.61. The van der Waals surface area contributed by atoms with Crippen LogP contribution in [-0.4, -0.2) is 19.3 Å². The summed E-state index contributed by atoms with van der Waals surface area (Å²) in [5.41, 5.74) is 0. The van der Waals surface area contributed by atoms with Crippen LogP contribution in [0, 0.1) is 5.82 Å². The van der Waals surface area contributed by atoms with E-state index in [0.29, 0.717) is 0 Å². The first-order valence-corrected chi connectivity index (χ1v) is 5.96. The first kappa shape index (κ1) is 8.59. The van der Waals surface area contributed by atoms with Gasteiger partial charge < -0.3 is 9.07 Å². The second-order valence-corrected chi connectivity index (χ2v) is 4.17. The molecule has 1 aromatic carbocycles. The van der Waals surface area contributed by atoms with Crippen LogP contribution in [0.15, 0.2) is 18.2 Å². The van der Waals surface area contributed by atoms with Crippen molar-refractivity contribution < 1.29 is 4.39 Å². The van der Waals surface area contributed by atoms with Gasteiger partial charge in [0.2, 0.25) is 0 Å². The molecule has 0 spiro atoms. The lowest BCUT2D eigenvalue weighted by atomic mass is 10.3. The van der Waals surface area contributed by atoms with Crippen LogP contribution in [0.25, 0.3) is 0 Å². The highest BCUT2D eigenvalue weighted by Gasteiger charge is 2.00. The summed E-state index contributed by atoms with van der Waals surface area (Å²) in [4.78, 5) is 0. The van der Waals surface area contributed by atoms with Gasteiger partial charge in [-0.15, -0.1) is 3.69 Å². The Hall–Kier alpha value is 0.496. The highest BCUT2D eigenvalue weighted by atomic mass is 35.5. The predicted molar refractivity (Wildman–Crippen MR) is 42.7 cm³/mol. The molecular weight excluding hydrogens is 186 g/mol. The quantitative estimate of drug-likeness (QED) is 0.592. The summed E-state index contributed by atoms with van der Waals surface area (Å²) < 4.78 is 13.4. The molecule has 0 unspecified atom stereocenters. The lowest BCUT2D eigenvalue weighted by molar-refractivity contribution is 0.628. The molecule has 0 amide bonds. The fourth-order valence-corrected chi connectivity index (χ4v) is 1.94. The predicted octanol–water partition coefficient (Wildman–Crippen LogP) is 1.96. The monoisotopic (exact) mass is 188 g/mol. The van der Waals surface area contributed by atoms with Gasteiger partial charge in [0, 0.05) is 0 Å². The molecule has 0 radical (unpaired) electrons. The zero-order valence-corrected chi connectivity index (χ0v) is 8.00. The Morgan fingerprint density at radius 3 is 2.60 bits per heavy atom. The molecule has 0 saturated carbocycles. The minimum Gasteiger partial charge on any atom is -0.336 e. The fraction of sp³-hybridized carbons (Fsp3) is 0. The van der Waals surface area contributed by atoms with Crippen molar-refractivity contribution in [2.75, 3.05) is 0 Å². The van der Waals surface area contributed by atoms with Gasteiger partial charge >= 0.3 is 19.3 Å². The van der Waals surface area contributed by atoms with Gasteiger partial charge in [-0.05, 0) is 6.07 Å². The second-order valence-electron chi connectivity index (χ2n) is 1.88. The molecular formula is C6H3Cl2FMg. The molecule has 0 atom stereocenters. The van der Waals surface area contributed by atoms with E-state index in [1.54, 1.807) is 12.1 Å². The van der Waals surface area contributed by atoms with Crippen molar-refractivity contribution in [2.24, 2.45) is 0 Å². The summed E-state index contributed by atoms with van der Waals surface area (Å²) in [6.45, 7) is 0. The van der Waals surface area contributed by atoms with Crippen LogP contribution in [-0.2, 0) is 0 Å². The Kier molecular flexibility index (Phi) is 3.23. The molecule has 0 saturated heterocycles. The maximum Gasteiger partial charge on any atom is 0.538 e. The van der Waals surface area contributed by atoms with Crippen molar-refractivity contribution in [3.63, 3.8) is 0 Å². The van der Waals surface area contributed by atoms with E-state index in [1.165, 1.54) is 6.07 Å². The molecule has 10 heavy (non-hydrogen) atoms. The zero-order chi connectivity index (χ0) is 7.56. The topological polar surface area (TPSA) is 0 Å². The van der Waals surface area contributed by atoms with Crippen molar-refractivity contribution in [3.8, 4) is 0 Å². The summed E-state index contributed by atoms with van der Waals surface area (Å²) in [6, 6.07) is 4.59. The molecule has 0 N–H and O–H groups in total. The average Bonchev–Trinajstić information content (AvgIpc) is 1.95. The van der Waals surface area contributed by atoms with Crippen LogP contribution in [0.4, 0.5) is 4.39 Å². The van der Waals surface area contributed by atoms with Crippen LogP contribution in [0.1, 0.15) is 0 Å². The van der Waals surface area contributed by atoms with Gasteiger partial charge in [-0.2, -0.15) is 0 Å². The number of hydrogen-bond acceptors (Lipinski definition) is 0. The van der Waals surface area contributed by atoms with E-state index in [-0.39, 0.29) is 10.8 Å². The Bertz CT molecular complexity index is 239.